The Bertz CT molecular complexity index is 446. The Morgan fingerprint density at radius 2 is 2.00 bits per heavy atom. The van der Waals surface area contributed by atoms with Crippen LogP contribution in [0.4, 0.5) is 0 Å². The van der Waals surface area contributed by atoms with Crippen LogP contribution in [0.2, 0.25) is 0 Å². The van der Waals surface area contributed by atoms with Crippen molar-refractivity contribution >= 4 is 5.91 Å². The van der Waals surface area contributed by atoms with Crippen molar-refractivity contribution in [2.24, 2.45) is 11.3 Å². The zero-order valence-electron chi connectivity index (χ0n) is 12.7. The molecule has 0 bridgehead atoms. The highest BCUT2D eigenvalue weighted by Crippen LogP contribution is 2.25. The van der Waals surface area contributed by atoms with Gasteiger partial charge in [0.2, 0.25) is 0 Å². The fourth-order valence-electron chi connectivity index (χ4n) is 2.27. The summed E-state index contributed by atoms with van der Waals surface area (Å²) < 4.78 is 5.34. The molecule has 0 fully saturated rings. The molecule has 1 unspecified atom stereocenters. The Kier molecular flexibility index (Phi) is 4.80. The normalized spacial score (nSPS) is 13.7. The molecule has 0 aromatic carbocycles. The Labute approximate surface area is 115 Å². The van der Waals surface area contributed by atoms with E-state index >= 15 is 0 Å². The Balaban J connectivity index is 2.67. The lowest BCUT2D eigenvalue weighted by atomic mass is 9.80. The average Bonchev–Trinajstić information content (AvgIpc) is 2.64. The van der Waals surface area contributed by atoms with Crippen LogP contribution in [0.15, 0.2) is 10.5 Å². The van der Waals surface area contributed by atoms with Gasteiger partial charge in [-0.2, -0.15) is 0 Å². The number of amides is 1. The van der Waals surface area contributed by atoms with Crippen LogP contribution in [0.5, 0.6) is 0 Å². The summed E-state index contributed by atoms with van der Waals surface area (Å²) in [7, 11) is 0. The molecule has 0 radical (unpaired) electrons. The number of furan rings is 1. The molecule has 4 heteroatoms. The van der Waals surface area contributed by atoms with Crippen molar-refractivity contribution in [3.63, 3.8) is 0 Å². The SMILES string of the molecule is Cc1cc(C(=O)NCC(C)(C)C(O)C(C)C)c(C)o1. The number of rotatable bonds is 5. The Morgan fingerprint density at radius 1 is 1.42 bits per heavy atom. The summed E-state index contributed by atoms with van der Waals surface area (Å²) in [6.07, 6.45) is -0.458. The van der Waals surface area contributed by atoms with Crippen LogP contribution < -0.4 is 5.32 Å². The molecule has 108 valence electrons. The first-order valence-corrected chi connectivity index (χ1v) is 6.68. The van der Waals surface area contributed by atoms with E-state index < -0.39 is 6.10 Å². The molecule has 1 atom stereocenters. The predicted molar refractivity (Wildman–Crippen MR) is 75.1 cm³/mol. The van der Waals surface area contributed by atoms with Crippen molar-refractivity contribution in [3.8, 4) is 0 Å². The third-order valence-electron chi connectivity index (χ3n) is 3.42. The number of nitrogens with one attached hydrogen (secondary N) is 1. The third kappa shape index (κ3) is 3.83. The number of hydrogen-bond donors (Lipinski definition) is 2. The molecule has 1 amide bonds. The number of aliphatic hydroxyl groups is 1. The maximum atomic E-state index is 12.1. The summed E-state index contributed by atoms with van der Waals surface area (Å²) >= 11 is 0. The van der Waals surface area contributed by atoms with Crippen LogP contribution >= 0.6 is 0 Å². The van der Waals surface area contributed by atoms with Gasteiger partial charge in [0.1, 0.15) is 11.5 Å². The van der Waals surface area contributed by atoms with E-state index in [9.17, 15) is 9.90 Å². The summed E-state index contributed by atoms with van der Waals surface area (Å²) in [5.41, 5.74) is 0.198. The minimum absolute atomic E-state index is 0.154. The van der Waals surface area contributed by atoms with Gasteiger partial charge in [-0.05, 0) is 25.8 Å². The van der Waals surface area contributed by atoms with E-state index in [1.165, 1.54) is 0 Å². The van der Waals surface area contributed by atoms with Gasteiger partial charge in [-0.3, -0.25) is 4.79 Å². The summed E-state index contributed by atoms with van der Waals surface area (Å²) in [5, 5.41) is 13.0. The molecule has 1 heterocycles. The third-order valence-corrected chi connectivity index (χ3v) is 3.42. The number of hydrogen-bond acceptors (Lipinski definition) is 3. The molecule has 0 saturated carbocycles. The van der Waals surface area contributed by atoms with Crippen LogP contribution in [0.1, 0.15) is 49.6 Å². The number of aryl methyl sites for hydroxylation is 2. The highest BCUT2D eigenvalue weighted by atomic mass is 16.3. The van der Waals surface area contributed by atoms with E-state index in [2.05, 4.69) is 5.32 Å². The molecular weight excluding hydrogens is 242 g/mol. The number of carbonyl (C=O) groups excluding carboxylic acids is 1. The highest BCUT2D eigenvalue weighted by Gasteiger charge is 2.30. The molecule has 4 nitrogen and oxygen atoms in total. The second kappa shape index (κ2) is 5.78. The first-order valence-electron chi connectivity index (χ1n) is 6.68. The lowest BCUT2D eigenvalue weighted by Crippen LogP contribution is -2.43. The van der Waals surface area contributed by atoms with Gasteiger partial charge in [-0.25, -0.2) is 0 Å². The van der Waals surface area contributed by atoms with Crippen molar-refractivity contribution in [3.05, 3.63) is 23.2 Å². The topological polar surface area (TPSA) is 62.5 Å². The van der Waals surface area contributed by atoms with Gasteiger partial charge in [0.25, 0.3) is 5.91 Å². The molecule has 19 heavy (non-hydrogen) atoms. The van der Waals surface area contributed by atoms with E-state index in [4.69, 9.17) is 4.42 Å². The van der Waals surface area contributed by atoms with Crippen molar-refractivity contribution in [2.45, 2.75) is 47.6 Å². The monoisotopic (exact) mass is 267 g/mol. The molecule has 1 aromatic heterocycles. The van der Waals surface area contributed by atoms with E-state index in [0.29, 0.717) is 17.9 Å². The second-order valence-electron chi connectivity index (χ2n) is 6.19. The maximum absolute atomic E-state index is 12.1. The highest BCUT2D eigenvalue weighted by molar-refractivity contribution is 5.95. The van der Waals surface area contributed by atoms with Crippen molar-refractivity contribution in [1.29, 1.82) is 0 Å². The molecule has 1 rings (SSSR count). The van der Waals surface area contributed by atoms with Crippen LogP contribution in [-0.4, -0.2) is 23.7 Å². The molecule has 2 N–H and O–H groups in total. The molecular formula is C15H25NO3. The molecule has 0 aliphatic heterocycles. The predicted octanol–water partition coefficient (Wildman–Crippen LogP) is 2.67. The molecule has 1 aromatic rings. The van der Waals surface area contributed by atoms with Crippen LogP contribution in [0, 0.1) is 25.2 Å². The first-order chi connectivity index (χ1) is 8.65. The lowest BCUT2D eigenvalue weighted by molar-refractivity contribution is 0.0138. The quantitative estimate of drug-likeness (QED) is 0.862. The fourth-order valence-corrected chi connectivity index (χ4v) is 2.27. The van der Waals surface area contributed by atoms with Crippen molar-refractivity contribution in [1.82, 2.24) is 5.32 Å². The summed E-state index contributed by atoms with van der Waals surface area (Å²) in [6.45, 7) is 11.9. The van der Waals surface area contributed by atoms with Gasteiger partial charge in [-0.15, -0.1) is 0 Å². The lowest BCUT2D eigenvalue weighted by Gasteiger charge is -2.33. The van der Waals surface area contributed by atoms with E-state index in [1.807, 2.05) is 34.6 Å². The largest absolute Gasteiger partial charge is 0.466 e. The number of carbonyl (C=O) groups is 1. The molecule has 0 aliphatic rings. The van der Waals surface area contributed by atoms with Gasteiger partial charge in [0.05, 0.1) is 11.7 Å². The summed E-state index contributed by atoms with van der Waals surface area (Å²) in [4.78, 5) is 12.1. The number of aliphatic hydroxyl groups excluding tert-OH is 1. The summed E-state index contributed by atoms with van der Waals surface area (Å²) in [6, 6.07) is 1.73. The minimum atomic E-state index is -0.458. The zero-order chi connectivity index (χ0) is 14.8. The second-order valence-corrected chi connectivity index (χ2v) is 6.19. The maximum Gasteiger partial charge on any atom is 0.254 e. The van der Waals surface area contributed by atoms with Gasteiger partial charge in [0, 0.05) is 12.0 Å². The van der Waals surface area contributed by atoms with E-state index in [1.54, 1.807) is 13.0 Å². The van der Waals surface area contributed by atoms with Crippen molar-refractivity contribution < 1.29 is 14.3 Å². The van der Waals surface area contributed by atoms with Gasteiger partial charge >= 0.3 is 0 Å². The van der Waals surface area contributed by atoms with E-state index in [0.717, 1.165) is 5.76 Å². The standard InChI is InChI=1S/C15H25NO3/c1-9(2)13(17)15(5,6)8-16-14(18)12-7-10(3)19-11(12)4/h7,9,13,17H,8H2,1-6H3,(H,16,18). The minimum Gasteiger partial charge on any atom is -0.466 e. The Morgan fingerprint density at radius 3 is 2.42 bits per heavy atom. The fraction of sp³-hybridized carbons (Fsp3) is 0.667. The van der Waals surface area contributed by atoms with Gasteiger partial charge in [-0.1, -0.05) is 27.7 Å². The smallest absolute Gasteiger partial charge is 0.254 e. The zero-order valence-corrected chi connectivity index (χ0v) is 12.7. The van der Waals surface area contributed by atoms with Gasteiger partial charge in [0.15, 0.2) is 0 Å². The van der Waals surface area contributed by atoms with Crippen molar-refractivity contribution in [2.75, 3.05) is 6.54 Å². The van der Waals surface area contributed by atoms with Crippen LogP contribution in [0.25, 0.3) is 0 Å². The first kappa shape index (κ1) is 15.8. The summed E-state index contributed by atoms with van der Waals surface area (Å²) in [5.74, 6) is 1.35. The van der Waals surface area contributed by atoms with E-state index in [-0.39, 0.29) is 17.2 Å². The molecule has 0 saturated heterocycles. The average molecular weight is 267 g/mol. The van der Waals surface area contributed by atoms with Gasteiger partial charge < -0.3 is 14.8 Å². The molecule has 0 aliphatic carbocycles. The van der Waals surface area contributed by atoms with Crippen LogP contribution in [0.3, 0.4) is 0 Å². The van der Waals surface area contributed by atoms with Crippen LogP contribution in [-0.2, 0) is 0 Å². The Hall–Kier alpha value is -1.29. The molecule has 0 spiro atoms.